The van der Waals surface area contributed by atoms with Crippen molar-refractivity contribution in [3.8, 4) is 11.6 Å². The minimum absolute atomic E-state index is 0.0740. The molecule has 0 aliphatic carbocycles. The first kappa shape index (κ1) is 15.1. The molecule has 0 unspecified atom stereocenters. The number of alkyl halides is 3. The van der Waals surface area contributed by atoms with E-state index in [1.807, 2.05) is 6.92 Å². The summed E-state index contributed by atoms with van der Waals surface area (Å²) in [5.41, 5.74) is -0.765. The van der Waals surface area contributed by atoms with Crippen LogP contribution in [0, 0.1) is 0 Å². The number of rotatable bonds is 5. The summed E-state index contributed by atoms with van der Waals surface area (Å²) in [5, 5.41) is 2.97. The maximum Gasteiger partial charge on any atom is 0.416 e. The summed E-state index contributed by atoms with van der Waals surface area (Å²) in [5.74, 6) is 0.634. The third kappa shape index (κ3) is 4.34. The van der Waals surface area contributed by atoms with Gasteiger partial charge < -0.3 is 10.1 Å². The van der Waals surface area contributed by atoms with Crippen molar-refractivity contribution >= 4 is 5.95 Å². The molecular formula is C14H14F3N3O. The van der Waals surface area contributed by atoms with E-state index in [1.54, 1.807) is 0 Å². The van der Waals surface area contributed by atoms with Crippen molar-refractivity contribution in [1.29, 1.82) is 0 Å². The zero-order valence-electron chi connectivity index (χ0n) is 11.3. The first-order valence-corrected chi connectivity index (χ1v) is 6.41. The number of anilines is 1. The lowest BCUT2D eigenvalue weighted by molar-refractivity contribution is -0.137. The van der Waals surface area contributed by atoms with Crippen molar-refractivity contribution in [3.05, 3.63) is 42.1 Å². The van der Waals surface area contributed by atoms with Crippen LogP contribution < -0.4 is 10.1 Å². The smallest absolute Gasteiger partial charge is 0.416 e. The monoisotopic (exact) mass is 297 g/mol. The van der Waals surface area contributed by atoms with E-state index in [1.165, 1.54) is 24.4 Å². The number of hydrogen-bond donors (Lipinski definition) is 1. The molecule has 2 aromatic rings. The van der Waals surface area contributed by atoms with Gasteiger partial charge in [0, 0.05) is 18.8 Å². The lowest BCUT2D eigenvalue weighted by Crippen LogP contribution is -2.05. The summed E-state index contributed by atoms with van der Waals surface area (Å²) in [6.07, 6.45) is -2.02. The van der Waals surface area contributed by atoms with Gasteiger partial charge in [0.1, 0.15) is 5.75 Å². The summed E-state index contributed by atoms with van der Waals surface area (Å²) in [6, 6.07) is 6.13. The molecule has 2 rings (SSSR count). The second-order valence-electron chi connectivity index (χ2n) is 4.27. The molecule has 0 radical (unpaired) electrons. The van der Waals surface area contributed by atoms with E-state index in [4.69, 9.17) is 4.74 Å². The van der Waals surface area contributed by atoms with Gasteiger partial charge in [0.25, 0.3) is 0 Å². The Bertz CT molecular complexity index is 602. The van der Waals surface area contributed by atoms with Gasteiger partial charge in [-0.3, -0.25) is 0 Å². The molecule has 1 N–H and O–H groups in total. The Morgan fingerprint density at radius 2 is 2.05 bits per heavy atom. The second kappa shape index (κ2) is 6.43. The van der Waals surface area contributed by atoms with Crippen molar-refractivity contribution in [1.82, 2.24) is 9.97 Å². The van der Waals surface area contributed by atoms with Crippen LogP contribution in [0.1, 0.15) is 18.9 Å². The number of ether oxygens (including phenoxy) is 1. The van der Waals surface area contributed by atoms with Crippen LogP contribution in [0.3, 0.4) is 0 Å². The third-order valence-corrected chi connectivity index (χ3v) is 2.55. The summed E-state index contributed by atoms with van der Waals surface area (Å²) in [7, 11) is 0. The zero-order valence-corrected chi connectivity index (χ0v) is 11.3. The minimum Gasteiger partial charge on any atom is -0.439 e. The molecule has 0 atom stereocenters. The molecule has 1 aromatic heterocycles. The van der Waals surface area contributed by atoms with Crippen molar-refractivity contribution in [2.45, 2.75) is 19.5 Å². The highest BCUT2D eigenvalue weighted by Gasteiger charge is 2.30. The Kier molecular flexibility index (Phi) is 4.62. The molecule has 0 saturated heterocycles. The van der Waals surface area contributed by atoms with Crippen molar-refractivity contribution in [2.75, 3.05) is 11.9 Å². The number of aromatic nitrogens is 2. The quantitative estimate of drug-likeness (QED) is 0.902. The fourth-order valence-electron chi connectivity index (χ4n) is 1.58. The van der Waals surface area contributed by atoms with E-state index in [9.17, 15) is 13.2 Å². The Hall–Kier alpha value is -2.31. The maximum atomic E-state index is 12.6. The molecule has 112 valence electrons. The van der Waals surface area contributed by atoms with Crippen LogP contribution >= 0.6 is 0 Å². The molecule has 4 nitrogen and oxygen atoms in total. The molecule has 1 aromatic carbocycles. The van der Waals surface area contributed by atoms with Gasteiger partial charge in [-0.15, -0.1) is 0 Å². The largest absolute Gasteiger partial charge is 0.439 e. The average molecular weight is 297 g/mol. The van der Waals surface area contributed by atoms with E-state index >= 15 is 0 Å². The summed E-state index contributed by atoms with van der Waals surface area (Å²) >= 11 is 0. The lowest BCUT2D eigenvalue weighted by Gasteiger charge is -2.10. The molecule has 1 heterocycles. The number of hydrogen-bond acceptors (Lipinski definition) is 4. The predicted molar refractivity (Wildman–Crippen MR) is 72.3 cm³/mol. The van der Waals surface area contributed by atoms with E-state index in [0.717, 1.165) is 18.6 Å². The molecule has 7 heteroatoms. The van der Waals surface area contributed by atoms with Crippen LogP contribution in [0.15, 0.2) is 36.5 Å². The normalized spacial score (nSPS) is 11.2. The van der Waals surface area contributed by atoms with Gasteiger partial charge in [-0.05, 0) is 24.6 Å². The van der Waals surface area contributed by atoms with Crippen LogP contribution in [0.4, 0.5) is 19.1 Å². The first-order valence-electron chi connectivity index (χ1n) is 6.41. The molecule has 0 saturated carbocycles. The highest BCUT2D eigenvalue weighted by molar-refractivity contribution is 5.34. The van der Waals surface area contributed by atoms with Crippen molar-refractivity contribution < 1.29 is 17.9 Å². The highest BCUT2D eigenvalue weighted by atomic mass is 19.4. The Labute approximate surface area is 120 Å². The van der Waals surface area contributed by atoms with E-state index in [0.29, 0.717) is 12.5 Å². The molecule has 21 heavy (non-hydrogen) atoms. The average Bonchev–Trinajstić information content (AvgIpc) is 2.45. The molecular weight excluding hydrogens is 283 g/mol. The number of halogens is 3. The summed E-state index contributed by atoms with van der Waals surface area (Å²) < 4.78 is 43.2. The molecule has 0 aliphatic heterocycles. The summed E-state index contributed by atoms with van der Waals surface area (Å²) in [4.78, 5) is 8.06. The van der Waals surface area contributed by atoms with Gasteiger partial charge >= 0.3 is 6.18 Å². The zero-order chi connectivity index (χ0) is 15.3. The predicted octanol–water partition coefficient (Wildman–Crippen LogP) is 4.11. The Morgan fingerprint density at radius 3 is 2.76 bits per heavy atom. The second-order valence-corrected chi connectivity index (χ2v) is 4.27. The van der Waals surface area contributed by atoms with Gasteiger partial charge in [0.15, 0.2) is 0 Å². The SMILES string of the molecule is CCCNc1nccc(Oc2cccc(C(F)(F)F)c2)n1. The number of benzene rings is 1. The fourth-order valence-corrected chi connectivity index (χ4v) is 1.58. The van der Waals surface area contributed by atoms with Crippen LogP contribution in [0.5, 0.6) is 11.6 Å². The lowest BCUT2D eigenvalue weighted by atomic mass is 10.2. The molecule has 0 fully saturated rings. The molecule has 0 bridgehead atoms. The van der Waals surface area contributed by atoms with Gasteiger partial charge in [0.2, 0.25) is 11.8 Å². The Balaban J connectivity index is 2.14. The van der Waals surface area contributed by atoms with Crippen molar-refractivity contribution in [3.63, 3.8) is 0 Å². The first-order chi connectivity index (χ1) is 9.99. The molecule has 0 amide bonds. The van der Waals surface area contributed by atoms with Gasteiger partial charge in [-0.2, -0.15) is 18.2 Å². The van der Waals surface area contributed by atoms with Gasteiger partial charge in [0.05, 0.1) is 5.56 Å². The Morgan fingerprint density at radius 1 is 1.24 bits per heavy atom. The van der Waals surface area contributed by atoms with E-state index in [-0.39, 0.29) is 11.6 Å². The van der Waals surface area contributed by atoms with E-state index < -0.39 is 11.7 Å². The molecule has 0 aliphatic rings. The van der Waals surface area contributed by atoms with Crippen LogP contribution in [0.2, 0.25) is 0 Å². The summed E-state index contributed by atoms with van der Waals surface area (Å²) in [6.45, 7) is 2.70. The highest BCUT2D eigenvalue weighted by Crippen LogP contribution is 2.32. The number of nitrogens with zero attached hydrogens (tertiary/aromatic N) is 2. The third-order valence-electron chi connectivity index (χ3n) is 2.55. The van der Waals surface area contributed by atoms with Crippen LogP contribution in [-0.2, 0) is 6.18 Å². The number of nitrogens with one attached hydrogen (secondary N) is 1. The fraction of sp³-hybridized carbons (Fsp3) is 0.286. The standard InChI is InChI=1S/C14H14F3N3O/c1-2-7-18-13-19-8-6-12(20-13)21-11-5-3-4-10(9-11)14(15,16)17/h3-6,8-9H,2,7H2,1H3,(H,18,19,20). The van der Waals surface area contributed by atoms with E-state index in [2.05, 4.69) is 15.3 Å². The van der Waals surface area contributed by atoms with Gasteiger partial charge in [-0.25, -0.2) is 4.98 Å². The minimum atomic E-state index is -4.40. The maximum absolute atomic E-state index is 12.6. The van der Waals surface area contributed by atoms with Crippen molar-refractivity contribution in [2.24, 2.45) is 0 Å². The van der Waals surface area contributed by atoms with Gasteiger partial charge in [-0.1, -0.05) is 13.0 Å². The topological polar surface area (TPSA) is 47.0 Å². The van der Waals surface area contributed by atoms with Crippen LogP contribution in [-0.4, -0.2) is 16.5 Å². The molecule has 0 spiro atoms. The van der Waals surface area contributed by atoms with Crippen LogP contribution in [0.25, 0.3) is 0 Å².